The molecule has 1 unspecified atom stereocenters. The zero-order chi connectivity index (χ0) is 12.2. The summed E-state index contributed by atoms with van der Waals surface area (Å²) in [6.07, 6.45) is 7.19. The number of ketones is 1. The predicted molar refractivity (Wildman–Crippen MR) is 62.6 cm³/mol. The van der Waals surface area contributed by atoms with Gasteiger partial charge < -0.3 is 4.74 Å². The third-order valence-corrected chi connectivity index (χ3v) is 3.32. The van der Waals surface area contributed by atoms with Gasteiger partial charge in [-0.25, -0.2) is 4.79 Å². The van der Waals surface area contributed by atoms with Crippen molar-refractivity contribution >= 4 is 35.0 Å². The predicted octanol–water partition coefficient (Wildman–Crippen LogP) is 2.65. The van der Waals surface area contributed by atoms with Crippen LogP contribution in [0.1, 0.15) is 25.7 Å². The van der Waals surface area contributed by atoms with Crippen molar-refractivity contribution in [3.8, 4) is 0 Å². The van der Waals surface area contributed by atoms with Crippen molar-refractivity contribution in [3.05, 3.63) is 12.2 Å². The normalized spacial score (nSPS) is 20.6. The largest absolute Gasteiger partial charge is 0.466 e. The lowest BCUT2D eigenvalue weighted by Gasteiger charge is -2.20. The van der Waals surface area contributed by atoms with Gasteiger partial charge in [0, 0.05) is 6.42 Å². The Labute approximate surface area is 105 Å². The number of ether oxygens (including phenoxy) is 1. The highest BCUT2D eigenvalue weighted by molar-refractivity contribution is 6.67. The summed E-state index contributed by atoms with van der Waals surface area (Å²) in [6, 6.07) is 0. The molecular formula is C11H14Cl2O3. The molecule has 0 N–H and O–H groups in total. The molecule has 0 aromatic carbocycles. The first-order valence-electron chi connectivity index (χ1n) is 5.14. The number of carbonyl (C=O) groups excluding carboxylic acids is 2. The molecule has 0 spiro atoms. The van der Waals surface area contributed by atoms with Crippen molar-refractivity contribution in [1.82, 2.24) is 0 Å². The van der Waals surface area contributed by atoms with E-state index in [2.05, 4.69) is 4.74 Å². The Bertz CT molecular complexity index is 310. The smallest absolute Gasteiger partial charge is 0.350 e. The van der Waals surface area contributed by atoms with Crippen LogP contribution in [0.15, 0.2) is 12.2 Å². The molecule has 0 saturated heterocycles. The van der Waals surface area contributed by atoms with E-state index in [0.29, 0.717) is 0 Å². The van der Waals surface area contributed by atoms with E-state index < -0.39 is 16.1 Å². The summed E-state index contributed by atoms with van der Waals surface area (Å²) < 4.78 is 2.31. The average molecular weight is 265 g/mol. The minimum Gasteiger partial charge on any atom is -0.466 e. The molecule has 0 saturated carbocycles. The van der Waals surface area contributed by atoms with Crippen LogP contribution in [-0.4, -0.2) is 23.2 Å². The maximum atomic E-state index is 11.7. The van der Waals surface area contributed by atoms with E-state index in [1.54, 1.807) is 0 Å². The molecule has 1 rings (SSSR count). The topological polar surface area (TPSA) is 43.4 Å². The molecule has 0 radical (unpaired) electrons. The van der Waals surface area contributed by atoms with Crippen LogP contribution in [0.5, 0.6) is 0 Å². The number of halogens is 2. The first-order valence-corrected chi connectivity index (χ1v) is 5.90. The van der Waals surface area contributed by atoms with Crippen LogP contribution >= 0.6 is 23.2 Å². The molecule has 0 aliphatic heterocycles. The number of alkyl halides is 2. The van der Waals surface area contributed by atoms with Crippen LogP contribution in [0.2, 0.25) is 0 Å². The Morgan fingerprint density at radius 3 is 2.69 bits per heavy atom. The zero-order valence-corrected chi connectivity index (χ0v) is 10.6. The van der Waals surface area contributed by atoms with Crippen LogP contribution in [0.4, 0.5) is 0 Å². The maximum Gasteiger partial charge on any atom is 0.350 e. The summed E-state index contributed by atoms with van der Waals surface area (Å²) in [5.41, 5.74) is 0. The van der Waals surface area contributed by atoms with E-state index in [-0.39, 0.29) is 12.3 Å². The maximum absolute atomic E-state index is 11.7. The van der Waals surface area contributed by atoms with Crippen molar-refractivity contribution in [1.29, 1.82) is 0 Å². The molecule has 0 bridgehead atoms. The number of rotatable bonds is 4. The molecule has 0 aromatic heterocycles. The number of hydrogen-bond acceptors (Lipinski definition) is 3. The van der Waals surface area contributed by atoms with Crippen LogP contribution < -0.4 is 0 Å². The lowest BCUT2D eigenvalue weighted by molar-refractivity contribution is -0.144. The van der Waals surface area contributed by atoms with Crippen LogP contribution in [0, 0.1) is 5.92 Å². The number of Topliss-reactive ketones (excluding diaryl/α,β-unsaturated/α-hetero) is 1. The van der Waals surface area contributed by atoms with Gasteiger partial charge in [-0.2, -0.15) is 0 Å². The van der Waals surface area contributed by atoms with Gasteiger partial charge in [-0.15, -0.1) is 0 Å². The van der Waals surface area contributed by atoms with Gasteiger partial charge in [0.05, 0.1) is 7.11 Å². The van der Waals surface area contributed by atoms with Gasteiger partial charge in [0.2, 0.25) is 0 Å². The molecule has 1 atom stereocenters. The molecule has 0 aromatic rings. The fraction of sp³-hybridized carbons (Fsp3) is 0.636. The van der Waals surface area contributed by atoms with E-state index in [1.165, 1.54) is 0 Å². The van der Waals surface area contributed by atoms with E-state index in [4.69, 9.17) is 23.2 Å². The van der Waals surface area contributed by atoms with Crippen LogP contribution in [0.25, 0.3) is 0 Å². The first-order chi connectivity index (χ1) is 7.48. The lowest BCUT2D eigenvalue weighted by atomic mass is 9.90. The standard InChI is InChI=1S/C11H14Cl2O3/c1-16-10(15)11(12,13)9(14)7-8-5-3-2-4-6-8/h3,5,8H,2,4,6-7H2,1H3. The second kappa shape index (κ2) is 5.69. The van der Waals surface area contributed by atoms with Crippen LogP contribution in [0.3, 0.4) is 0 Å². The van der Waals surface area contributed by atoms with E-state index >= 15 is 0 Å². The lowest BCUT2D eigenvalue weighted by Crippen LogP contribution is -2.37. The van der Waals surface area contributed by atoms with Crippen molar-refractivity contribution in [2.75, 3.05) is 7.11 Å². The summed E-state index contributed by atoms with van der Waals surface area (Å²) >= 11 is 11.3. The molecule has 0 heterocycles. The third kappa shape index (κ3) is 3.22. The molecule has 16 heavy (non-hydrogen) atoms. The Morgan fingerprint density at radius 1 is 1.50 bits per heavy atom. The van der Waals surface area contributed by atoms with Crippen molar-refractivity contribution in [2.24, 2.45) is 5.92 Å². The summed E-state index contributed by atoms with van der Waals surface area (Å²) in [4.78, 5) is 22.9. The monoisotopic (exact) mass is 264 g/mol. The molecule has 0 fully saturated rings. The molecule has 90 valence electrons. The minimum atomic E-state index is -2.07. The van der Waals surface area contributed by atoms with Gasteiger partial charge in [-0.1, -0.05) is 35.4 Å². The summed E-state index contributed by atoms with van der Waals surface area (Å²) in [5, 5.41) is 0. The average Bonchev–Trinajstić information content (AvgIpc) is 2.29. The fourth-order valence-corrected chi connectivity index (χ4v) is 1.97. The molecule has 1 aliphatic carbocycles. The molecular weight excluding hydrogens is 251 g/mol. The third-order valence-electron chi connectivity index (χ3n) is 2.59. The number of allylic oxidation sites excluding steroid dienone is 2. The molecule has 3 nitrogen and oxygen atoms in total. The van der Waals surface area contributed by atoms with Crippen molar-refractivity contribution < 1.29 is 14.3 Å². The SMILES string of the molecule is COC(=O)C(Cl)(Cl)C(=O)CC1C=CCCC1. The first kappa shape index (κ1) is 13.5. The summed E-state index contributed by atoms with van der Waals surface area (Å²) in [6.45, 7) is 0. The van der Waals surface area contributed by atoms with Gasteiger partial charge in [0.25, 0.3) is 4.33 Å². The quantitative estimate of drug-likeness (QED) is 0.339. The zero-order valence-electron chi connectivity index (χ0n) is 9.04. The highest BCUT2D eigenvalue weighted by Crippen LogP contribution is 2.29. The molecule has 5 heteroatoms. The Kier molecular flexibility index (Phi) is 4.81. The number of methoxy groups -OCH3 is 1. The molecule has 1 aliphatic rings. The Hall–Kier alpha value is -0.540. The number of esters is 1. The minimum absolute atomic E-state index is 0.128. The Morgan fingerprint density at radius 2 is 2.19 bits per heavy atom. The highest BCUT2D eigenvalue weighted by atomic mass is 35.5. The van der Waals surface area contributed by atoms with Gasteiger partial charge in [0.15, 0.2) is 5.78 Å². The van der Waals surface area contributed by atoms with Crippen molar-refractivity contribution in [3.63, 3.8) is 0 Å². The van der Waals surface area contributed by atoms with Gasteiger partial charge in [-0.05, 0) is 25.2 Å². The number of hydrogen-bond donors (Lipinski definition) is 0. The second-order valence-electron chi connectivity index (χ2n) is 3.81. The van der Waals surface area contributed by atoms with Crippen molar-refractivity contribution in [2.45, 2.75) is 30.0 Å². The summed E-state index contributed by atoms with van der Waals surface area (Å²) in [5.74, 6) is -1.29. The van der Waals surface area contributed by atoms with E-state index in [1.807, 2.05) is 12.2 Å². The van der Waals surface area contributed by atoms with Gasteiger partial charge in [-0.3, -0.25) is 4.79 Å². The van der Waals surface area contributed by atoms with Crippen LogP contribution in [-0.2, 0) is 14.3 Å². The highest BCUT2D eigenvalue weighted by Gasteiger charge is 2.43. The molecule has 0 amide bonds. The van der Waals surface area contributed by atoms with E-state index in [0.717, 1.165) is 26.4 Å². The Balaban J connectivity index is 2.60. The number of carbonyl (C=O) groups is 2. The van der Waals surface area contributed by atoms with Gasteiger partial charge >= 0.3 is 5.97 Å². The second-order valence-corrected chi connectivity index (χ2v) is 5.14. The van der Waals surface area contributed by atoms with Gasteiger partial charge in [0.1, 0.15) is 0 Å². The summed E-state index contributed by atoms with van der Waals surface area (Å²) in [7, 11) is 1.15. The fourth-order valence-electron chi connectivity index (χ4n) is 1.66. The van der Waals surface area contributed by atoms with E-state index in [9.17, 15) is 9.59 Å².